The minimum absolute atomic E-state index is 0.0286. The Morgan fingerprint density at radius 2 is 1.57 bits per heavy atom. The molecule has 10 heteroatoms. The van der Waals surface area contributed by atoms with Crippen molar-refractivity contribution in [3.05, 3.63) is 108 Å². The number of nitrogens with zero attached hydrogens (tertiary/aromatic N) is 2. The van der Waals surface area contributed by atoms with Gasteiger partial charge < -0.3 is 15.2 Å². The number of halogens is 3. The molecule has 0 aliphatic carbocycles. The lowest BCUT2D eigenvalue weighted by molar-refractivity contribution is -0.274. The maximum atomic E-state index is 12.6. The lowest BCUT2D eigenvalue weighted by Crippen LogP contribution is -2.26. The van der Waals surface area contributed by atoms with Gasteiger partial charge in [0.15, 0.2) is 0 Å². The number of fused-ring (bicyclic) bond motifs is 1. The minimum atomic E-state index is -4.78. The number of hydrogen-bond donors (Lipinski definition) is 2. The maximum Gasteiger partial charge on any atom is 0.573 e. The van der Waals surface area contributed by atoms with Crippen molar-refractivity contribution in [1.29, 1.82) is 0 Å². The van der Waals surface area contributed by atoms with Gasteiger partial charge in [-0.1, -0.05) is 48.5 Å². The number of amides is 1. The van der Waals surface area contributed by atoms with Crippen molar-refractivity contribution < 1.29 is 32.6 Å². The number of alkyl halides is 3. The molecule has 0 fully saturated rings. The van der Waals surface area contributed by atoms with Crippen LogP contribution in [-0.2, 0) is 4.79 Å². The number of carboxylic acid groups (broad SMARTS) is 1. The topological polar surface area (TPSA) is 93.5 Å². The zero-order chi connectivity index (χ0) is 29.9. The summed E-state index contributed by atoms with van der Waals surface area (Å²) in [5.41, 5.74) is 4.15. The Morgan fingerprint density at radius 1 is 0.905 bits per heavy atom. The number of carbonyl (C=O) groups is 2. The molecule has 0 aliphatic heterocycles. The molecule has 0 aliphatic rings. The Labute approximate surface area is 239 Å². The van der Waals surface area contributed by atoms with Crippen LogP contribution in [0.4, 0.5) is 13.2 Å². The van der Waals surface area contributed by atoms with Crippen LogP contribution in [0.25, 0.3) is 33.3 Å². The van der Waals surface area contributed by atoms with Crippen LogP contribution in [0.5, 0.6) is 5.75 Å². The molecule has 4 aromatic carbocycles. The Kier molecular flexibility index (Phi) is 7.97. The molecule has 5 aromatic rings. The SMILES string of the molecule is CC(c1ccc(C(=O)NCCC(=O)O)cc1)n1nc(-c2ccc(OC(F)(F)F)cc2)cc1-c1ccc2ccccc2c1. The van der Waals surface area contributed by atoms with Gasteiger partial charge in [-0.3, -0.25) is 14.3 Å². The van der Waals surface area contributed by atoms with Crippen LogP contribution in [0.15, 0.2) is 97.1 Å². The van der Waals surface area contributed by atoms with E-state index in [0.29, 0.717) is 16.8 Å². The predicted molar refractivity (Wildman–Crippen MR) is 152 cm³/mol. The highest BCUT2D eigenvalue weighted by Gasteiger charge is 2.31. The van der Waals surface area contributed by atoms with Gasteiger partial charge in [-0.15, -0.1) is 13.2 Å². The van der Waals surface area contributed by atoms with E-state index in [4.69, 9.17) is 10.2 Å². The number of aromatic nitrogens is 2. The number of aliphatic carboxylic acids is 1. The number of benzene rings is 4. The van der Waals surface area contributed by atoms with E-state index in [-0.39, 0.29) is 30.7 Å². The first-order chi connectivity index (χ1) is 20.1. The fraction of sp³-hybridized carbons (Fsp3) is 0.156. The first-order valence-corrected chi connectivity index (χ1v) is 13.1. The molecule has 0 spiro atoms. The van der Waals surface area contributed by atoms with Gasteiger partial charge in [0, 0.05) is 23.2 Å². The molecule has 7 nitrogen and oxygen atoms in total. The van der Waals surface area contributed by atoms with Crippen molar-refractivity contribution in [2.24, 2.45) is 0 Å². The molecule has 1 aromatic heterocycles. The molecule has 0 saturated carbocycles. The average Bonchev–Trinajstić information content (AvgIpc) is 3.41. The summed E-state index contributed by atoms with van der Waals surface area (Å²) in [5.74, 6) is -1.68. The second-order valence-corrected chi connectivity index (χ2v) is 9.69. The van der Waals surface area contributed by atoms with Crippen molar-refractivity contribution in [1.82, 2.24) is 15.1 Å². The molecule has 0 bridgehead atoms. The zero-order valence-corrected chi connectivity index (χ0v) is 22.4. The zero-order valence-electron chi connectivity index (χ0n) is 22.4. The fourth-order valence-electron chi connectivity index (χ4n) is 4.66. The molecule has 1 atom stereocenters. The third-order valence-corrected chi connectivity index (χ3v) is 6.81. The smallest absolute Gasteiger partial charge is 0.481 e. The summed E-state index contributed by atoms with van der Waals surface area (Å²) in [6, 6.07) is 28.2. The van der Waals surface area contributed by atoms with Gasteiger partial charge in [0.25, 0.3) is 5.91 Å². The summed E-state index contributed by atoms with van der Waals surface area (Å²) in [6.45, 7) is 1.99. The summed E-state index contributed by atoms with van der Waals surface area (Å²) in [5, 5.41) is 18.3. The van der Waals surface area contributed by atoms with E-state index in [0.717, 1.165) is 27.6 Å². The number of nitrogens with one attached hydrogen (secondary N) is 1. The maximum absolute atomic E-state index is 12.6. The molecule has 1 unspecified atom stereocenters. The molecule has 214 valence electrons. The van der Waals surface area contributed by atoms with E-state index in [9.17, 15) is 22.8 Å². The molecule has 1 amide bonds. The number of hydrogen-bond acceptors (Lipinski definition) is 4. The third kappa shape index (κ3) is 6.60. The van der Waals surface area contributed by atoms with Crippen molar-refractivity contribution in [2.75, 3.05) is 6.54 Å². The summed E-state index contributed by atoms with van der Waals surface area (Å²) in [4.78, 5) is 23.1. The molecule has 0 saturated heterocycles. The Morgan fingerprint density at radius 3 is 2.24 bits per heavy atom. The number of ether oxygens (including phenoxy) is 1. The predicted octanol–water partition coefficient (Wildman–Crippen LogP) is 7.08. The van der Waals surface area contributed by atoms with Gasteiger partial charge in [-0.25, -0.2) is 0 Å². The van der Waals surface area contributed by atoms with Crippen molar-refractivity contribution >= 4 is 22.6 Å². The number of rotatable bonds is 9. The molecule has 1 heterocycles. The molecule has 2 N–H and O–H groups in total. The van der Waals surface area contributed by atoms with Crippen molar-refractivity contribution in [3.63, 3.8) is 0 Å². The van der Waals surface area contributed by atoms with Gasteiger partial charge in [-0.2, -0.15) is 5.10 Å². The summed E-state index contributed by atoms with van der Waals surface area (Å²) >= 11 is 0. The van der Waals surface area contributed by atoms with E-state index in [1.165, 1.54) is 24.3 Å². The number of carboxylic acids is 1. The normalized spacial score (nSPS) is 12.2. The largest absolute Gasteiger partial charge is 0.573 e. The van der Waals surface area contributed by atoms with Crippen LogP contribution in [0.1, 0.15) is 35.3 Å². The third-order valence-electron chi connectivity index (χ3n) is 6.81. The van der Waals surface area contributed by atoms with E-state index in [1.54, 1.807) is 12.1 Å². The van der Waals surface area contributed by atoms with Gasteiger partial charge in [0.2, 0.25) is 0 Å². The highest BCUT2D eigenvalue weighted by Crippen LogP contribution is 2.33. The molecule has 5 rings (SSSR count). The molecular formula is C32H26F3N3O4. The molecular weight excluding hydrogens is 547 g/mol. The Hall–Kier alpha value is -5.12. The lowest BCUT2D eigenvalue weighted by atomic mass is 10.0. The lowest BCUT2D eigenvalue weighted by Gasteiger charge is -2.17. The second-order valence-electron chi connectivity index (χ2n) is 9.69. The monoisotopic (exact) mass is 573 g/mol. The van der Waals surface area contributed by atoms with Gasteiger partial charge >= 0.3 is 12.3 Å². The Balaban J connectivity index is 1.48. The van der Waals surface area contributed by atoms with E-state index < -0.39 is 12.3 Å². The molecule has 42 heavy (non-hydrogen) atoms. The molecule has 0 radical (unpaired) electrons. The van der Waals surface area contributed by atoms with Crippen LogP contribution in [0, 0.1) is 0 Å². The van der Waals surface area contributed by atoms with E-state index in [1.807, 2.05) is 66.2 Å². The summed E-state index contributed by atoms with van der Waals surface area (Å²) < 4.78 is 43.8. The van der Waals surface area contributed by atoms with Crippen LogP contribution in [-0.4, -0.2) is 39.7 Å². The second kappa shape index (κ2) is 11.8. The standard InChI is InChI=1S/C32H26F3N3O4/c1-20(21-6-9-24(10-7-21)31(41)36-17-16-30(39)40)38-29(26-11-8-22-4-2-3-5-25(22)18-26)19-28(37-38)23-12-14-27(15-13-23)42-32(33,34)35/h2-15,18-20H,16-17H2,1H3,(H,36,41)(H,39,40). The van der Waals surface area contributed by atoms with E-state index in [2.05, 4.69) is 16.1 Å². The number of carbonyl (C=O) groups excluding carboxylic acids is 1. The van der Waals surface area contributed by atoms with Crippen LogP contribution in [0.3, 0.4) is 0 Å². The van der Waals surface area contributed by atoms with Crippen LogP contribution in [0.2, 0.25) is 0 Å². The van der Waals surface area contributed by atoms with Gasteiger partial charge in [0.05, 0.1) is 23.9 Å². The van der Waals surface area contributed by atoms with Gasteiger partial charge in [0.1, 0.15) is 5.75 Å². The van der Waals surface area contributed by atoms with Crippen LogP contribution >= 0.6 is 0 Å². The highest BCUT2D eigenvalue weighted by molar-refractivity contribution is 5.94. The van der Waals surface area contributed by atoms with Crippen LogP contribution < -0.4 is 10.1 Å². The van der Waals surface area contributed by atoms with Gasteiger partial charge in [-0.05, 0) is 71.8 Å². The van der Waals surface area contributed by atoms with Crippen molar-refractivity contribution in [3.8, 4) is 28.3 Å². The fourth-order valence-corrected chi connectivity index (χ4v) is 4.66. The summed E-state index contributed by atoms with van der Waals surface area (Å²) in [6.07, 6.45) is -4.95. The first-order valence-electron chi connectivity index (χ1n) is 13.1. The quantitative estimate of drug-likeness (QED) is 0.197. The van der Waals surface area contributed by atoms with E-state index >= 15 is 0 Å². The van der Waals surface area contributed by atoms with Crippen molar-refractivity contribution in [2.45, 2.75) is 25.7 Å². The summed E-state index contributed by atoms with van der Waals surface area (Å²) in [7, 11) is 0. The first kappa shape index (κ1) is 28.4. The minimum Gasteiger partial charge on any atom is -0.481 e. The average molecular weight is 574 g/mol. The Bertz CT molecular complexity index is 1730. The highest BCUT2D eigenvalue weighted by atomic mass is 19.4.